The molecule has 1 aromatic heterocycles. The summed E-state index contributed by atoms with van der Waals surface area (Å²) in [4.78, 5) is 14.6. The van der Waals surface area contributed by atoms with E-state index in [0.29, 0.717) is 17.8 Å². The van der Waals surface area contributed by atoms with E-state index in [1.165, 1.54) is 0 Å². The van der Waals surface area contributed by atoms with Gasteiger partial charge >= 0.3 is 0 Å². The lowest BCUT2D eigenvalue weighted by molar-refractivity contribution is 0.823. The third-order valence-electron chi connectivity index (χ3n) is 2.06. The molecule has 1 aromatic rings. The molecular weight excluding hydrogens is 204 g/mol. The number of unbranched alkanes of at least 4 members (excludes halogenated alkanes) is 1. The summed E-state index contributed by atoms with van der Waals surface area (Å²) in [6, 6.07) is 0. The molecule has 0 saturated heterocycles. The van der Waals surface area contributed by atoms with Crippen LogP contribution >= 0.6 is 0 Å². The van der Waals surface area contributed by atoms with Crippen molar-refractivity contribution >= 4 is 17.8 Å². The minimum atomic E-state index is 0.581. The molecule has 1 heterocycles. The van der Waals surface area contributed by atoms with E-state index in [2.05, 4.69) is 32.5 Å². The summed E-state index contributed by atoms with van der Waals surface area (Å²) in [7, 11) is 5.61. The summed E-state index contributed by atoms with van der Waals surface area (Å²) in [5, 5.41) is 6.11. The lowest BCUT2D eigenvalue weighted by Gasteiger charge is -2.13. The zero-order valence-electron chi connectivity index (χ0n) is 10.4. The van der Waals surface area contributed by atoms with Crippen LogP contribution in [0.4, 0.5) is 17.8 Å². The summed E-state index contributed by atoms with van der Waals surface area (Å²) in [6.45, 7) is 3.04. The molecular formula is C10H20N6. The van der Waals surface area contributed by atoms with Crippen LogP contribution in [0.15, 0.2) is 0 Å². The van der Waals surface area contributed by atoms with Crippen molar-refractivity contribution in [1.82, 2.24) is 15.0 Å². The van der Waals surface area contributed by atoms with E-state index in [0.717, 1.165) is 19.4 Å². The molecule has 90 valence electrons. The summed E-state index contributed by atoms with van der Waals surface area (Å²) < 4.78 is 0. The molecule has 0 radical (unpaired) electrons. The fourth-order valence-corrected chi connectivity index (χ4v) is 1.13. The first-order valence-corrected chi connectivity index (χ1v) is 5.52. The third kappa shape index (κ3) is 3.52. The minimum Gasteiger partial charge on any atom is -0.357 e. The van der Waals surface area contributed by atoms with Gasteiger partial charge in [-0.2, -0.15) is 15.0 Å². The van der Waals surface area contributed by atoms with Gasteiger partial charge in [-0.05, 0) is 6.42 Å². The number of anilines is 3. The molecule has 1 rings (SSSR count). The molecule has 2 N–H and O–H groups in total. The normalized spacial score (nSPS) is 10.0. The zero-order chi connectivity index (χ0) is 12.0. The van der Waals surface area contributed by atoms with Gasteiger partial charge in [0.1, 0.15) is 0 Å². The van der Waals surface area contributed by atoms with Crippen LogP contribution in [0.2, 0.25) is 0 Å². The van der Waals surface area contributed by atoms with Gasteiger partial charge in [0.2, 0.25) is 17.8 Å². The molecule has 0 fully saturated rings. The fraction of sp³-hybridized carbons (Fsp3) is 0.700. The first kappa shape index (κ1) is 12.5. The Morgan fingerprint density at radius 3 is 2.38 bits per heavy atom. The first-order chi connectivity index (χ1) is 7.67. The smallest absolute Gasteiger partial charge is 0.231 e. The molecule has 0 unspecified atom stereocenters. The maximum atomic E-state index is 4.31. The molecule has 0 spiro atoms. The topological polar surface area (TPSA) is 66.0 Å². The average Bonchev–Trinajstić information content (AvgIpc) is 2.29. The summed E-state index contributed by atoms with van der Waals surface area (Å²) in [6.07, 6.45) is 2.26. The monoisotopic (exact) mass is 224 g/mol. The lowest BCUT2D eigenvalue weighted by Crippen LogP contribution is -2.16. The van der Waals surface area contributed by atoms with Crippen LogP contribution in [0.5, 0.6) is 0 Å². The molecule has 0 saturated carbocycles. The van der Waals surface area contributed by atoms with Crippen LogP contribution in [0.1, 0.15) is 19.8 Å². The van der Waals surface area contributed by atoms with Gasteiger partial charge in [-0.1, -0.05) is 13.3 Å². The molecule has 16 heavy (non-hydrogen) atoms. The predicted molar refractivity (Wildman–Crippen MR) is 67.1 cm³/mol. The SMILES string of the molecule is CCCCNc1nc(NC)nc(N(C)C)n1. The van der Waals surface area contributed by atoms with Crippen LogP contribution < -0.4 is 15.5 Å². The summed E-state index contributed by atoms with van der Waals surface area (Å²) >= 11 is 0. The van der Waals surface area contributed by atoms with Crippen molar-refractivity contribution in [3.63, 3.8) is 0 Å². The zero-order valence-corrected chi connectivity index (χ0v) is 10.4. The number of hydrogen-bond acceptors (Lipinski definition) is 6. The Morgan fingerprint density at radius 2 is 1.81 bits per heavy atom. The van der Waals surface area contributed by atoms with Crippen LogP contribution in [0.25, 0.3) is 0 Å². The van der Waals surface area contributed by atoms with E-state index in [-0.39, 0.29) is 0 Å². The minimum absolute atomic E-state index is 0.581. The van der Waals surface area contributed by atoms with Gasteiger partial charge in [-0.3, -0.25) is 0 Å². The second-order valence-electron chi connectivity index (χ2n) is 3.71. The van der Waals surface area contributed by atoms with E-state index in [9.17, 15) is 0 Å². The highest BCUT2D eigenvalue weighted by Crippen LogP contribution is 2.10. The predicted octanol–water partition coefficient (Wildman–Crippen LogP) is 1.19. The molecule has 0 amide bonds. The number of nitrogens with zero attached hydrogens (tertiary/aromatic N) is 4. The first-order valence-electron chi connectivity index (χ1n) is 5.52. The molecule has 0 aliphatic rings. The summed E-state index contributed by atoms with van der Waals surface area (Å²) in [5.74, 6) is 1.85. The molecule has 0 aliphatic heterocycles. The van der Waals surface area contributed by atoms with Crippen LogP contribution in [-0.2, 0) is 0 Å². The highest BCUT2D eigenvalue weighted by Gasteiger charge is 2.06. The quantitative estimate of drug-likeness (QED) is 0.708. The number of rotatable bonds is 6. The van der Waals surface area contributed by atoms with E-state index in [4.69, 9.17) is 0 Å². The van der Waals surface area contributed by atoms with Gasteiger partial charge in [0.15, 0.2) is 0 Å². The number of hydrogen-bond donors (Lipinski definition) is 2. The van der Waals surface area contributed by atoms with Gasteiger partial charge in [-0.25, -0.2) is 0 Å². The van der Waals surface area contributed by atoms with Crippen LogP contribution in [0, 0.1) is 0 Å². The molecule has 0 aromatic carbocycles. The Bertz CT molecular complexity index is 325. The van der Waals surface area contributed by atoms with Crippen molar-refractivity contribution < 1.29 is 0 Å². The van der Waals surface area contributed by atoms with Crippen molar-refractivity contribution in [1.29, 1.82) is 0 Å². The van der Waals surface area contributed by atoms with Gasteiger partial charge in [0, 0.05) is 27.7 Å². The third-order valence-corrected chi connectivity index (χ3v) is 2.06. The molecule has 6 nitrogen and oxygen atoms in total. The molecule has 0 atom stereocenters. The standard InChI is InChI=1S/C10H20N6/c1-5-6-7-12-9-13-8(11-2)14-10(15-9)16(3)4/h5-7H2,1-4H3,(H2,11,12,13,14,15). The van der Waals surface area contributed by atoms with Crippen LogP contribution in [0.3, 0.4) is 0 Å². The molecule has 6 heteroatoms. The highest BCUT2D eigenvalue weighted by atomic mass is 15.3. The number of nitrogens with one attached hydrogen (secondary N) is 2. The maximum Gasteiger partial charge on any atom is 0.231 e. The van der Waals surface area contributed by atoms with E-state index >= 15 is 0 Å². The Morgan fingerprint density at radius 1 is 1.12 bits per heavy atom. The van der Waals surface area contributed by atoms with Crippen molar-refractivity contribution in [3.05, 3.63) is 0 Å². The number of aromatic nitrogens is 3. The molecule has 0 aliphatic carbocycles. The van der Waals surface area contributed by atoms with Crippen LogP contribution in [-0.4, -0.2) is 42.6 Å². The second kappa shape index (κ2) is 6.09. The van der Waals surface area contributed by atoms with Gasteiger partial charge in [-0.15, -0.1) is 0 Å². The van der Waals surface area contributed by atoms with Gasteiger partial charge < -0.3 is 15.5 Å². The lowest BCUT2D eigenvalue weighted by atomic mass is 10.3. The van der Waals surface area contributed by atoms with Crippen molar-refractivity contribution in [3.8, 4) is 0 Å². The Labute approximate surface area is 96.5 Å². The van der Waals surface area contributed by atoms with Gasteiger partial charge in [0.25, 0.3) is 0 Å². The summed E-state index contributed by atoms with van der Waals surface area (Å²) in [5.41, 5.74) is 0. The molecule has 0 bridgehead atoms. The Kier molecular flexibility index (Phi) is 4.75. The van der Waals surface area contributed by atoms with Crippen molar-refractivity contribution in [2.45, 2.75) is 19.8 Å². The maximum absolute atomic E-state index is 4.31. The van der Waals surface area contributed by atoms with E-state index < -0.39 is 0 Å². The van der Waals surface area contributed by atoms with Gasteiger partial charge in [0.05, 0.1) is 0 Å². The van der Waals surface area contributed by atoms with E-state index in [1.807, 2.05) is 19.0 Å². The van der Waals surface area contributed by atoms with Crippen molar-refractivity contribution in [2.24, 2.45) is 0 Å². The Balaban J connectivity index is 2.78. The van der Waals surface area contributed by atoms with E-state index in [1.54, 1.807) is 7.05 Å². The average molecular weight is 224 g/mol. The highest BCUT2D eigenvalue weighted by molar-refractivity contribution is 5.42. The second-order valence-corrected chi connectivity index (χ2v) is 3.71. The fourth-order valence-electron chi connectivity index (χ4n) is 1.13. The Hall–Kier alpha value is -1.59. The van der Waals surface area contributed by atoms with Crippen molar-refractivity contribution in [2.75, 3.05) is 43.2 Å². The largest absolute Gasteiger partial charge is 0.357 e.